The summed E-state index contributed by atoms with van der Waals surface area (Å²) in [6.07, 6.45) is 5.31. The van der Waals surface area contributed by atoms with Crippen LogP contribution in [0.1, 0.15) is 85.0 Å². The summed E-state index contributed by atoms with van der Waals surface area (Å²) in [7, 11) is 1.78. The minimum atomic E-state index is -4.01. The van der Waals surface area contributed by atoms with Crippen LogP contribution in [-0.2, 0) is 4.74 Å². The second-order valence-electron chi connectivity index (χ2n) is 10.6. The smallest absolute Gasteiger partial charge is 0.385 e. The van der Waals surface area contributed by atoms with Crippen LogP contribution in [0.2, 0.25) is 0 Å². The summed E-state index contributed by atoms with van der Waals surface area (Å²) in [6.45, 7) is 7.93. The van der Waals surface area contributed by atoms with Gasteiger partial charge in [0.2, 0.25) is 0 Å². The molecule has 1 nitrogen and oxygen atoms in total. The largest absolute Gasteiger partial charge is 0.389 e. The van der Waals surface area contributed by atoms with Crippen LogP contribution in [0.15, 0.2) is 0 Å². The maximum Gasteiger partial charge on any atom is 0.389 e. The molecule has 3 rings (SSSR count). The van der Waals surface area contributed by atoms with Crippen molar-refractivity contribution in [3.05, 3.63) is 0 Å². The lowest BCUT2D eigenvalue weighted by molar-refractivity contribution is -0.161. The van der Waals surface area contributed by atoms with Gasteiger partial charge in [0.25, 0.3) is 0 Å². The molecular formula is C24H41F3O. The maximum absolute atomic E-state index is 13.2. The molecule has 3 aliphatic rings. The topological polar surface area (TPSA) is 9.23 Å². The molecule has 0 heterocycles. The van der Waals surface area contributed by atoms with Gasteiger partial charge in [-0.25, -0.2) is 0 Å². The van der Waals surface area contributed by atoms with Crippen LogP contribution in [-0.4, -0.2) is 19.9 Å². The molecule has 28 heavy (non-hydrogen) atoms. The Kier molecular flexibility index (Phi) is 7.10. The molecule has 0 aromatic heterocycles. The Morgan fingerprint density at radius 3 is 2.46 bits per heavy atom. The van der Waals surface area contributed by atoms with E-state index in [2.05, 4.69) is 20.8 Å². The van der Waals surface area contributed by atoms with Crippen molar-refractivity contribution in [2.45, 2.75) is 91.2 Å². The number of fused-ring (bicyclic) bond motifs is 3. The fraction of sp³-hybridized carbons (Fsp3) is 1.00. The van der Waals surface area contributed by atoms with Crippen molar-refractivity contribution in [2.24, 2.45) is 46.8 Å². The zero-order chi connectivity index (χ0) is 20.5. The highest BCUT2D eigenvalue weighted by Crippen LogP contribution is 2.66. The van der Waals surface area contributed by atoms with Gasteiger partial charge in [0, 0.05) is 20.1 Å². The van der Waals surface area contributed by atoms with E-state index in [1.54, 1.807) is 7.11 Å². The van der Waals surface area contributed by atoms with Gasteiger partial charge >= 0.3 is 6.18 Å². The SMILES string of the molecule is CCCC1C(CC(F)(F)F)CCC2C1CCC1(C)C(CCCOC)CC(C)C21. The molecule has 8 unspecified atom stereocenters. The van der Waals surface area contributed by atoms with Crippen LogP contribution in [0.4, 0.5) is 13.2 Å². The normalized spacial score (nSPS) is 43.6. The summed E-state index contributed by atoms with van der Waals surface area (Å²) in [5.41, 5.74) is 0.391. The Morgan fingerprint density at radius 2 is 1.82 bits per heavy atom. The van der Waals surface area contributed by atoms with Gasteiger partial charge in [-0.2, -0.15) is 13.2 Å². The van der Waals surface area contributed by atoms with Gasteiger partial charge in [-0.3, -0.25) is 0 Å². The van der Waals surface area contributed by atoms with E-state index in [9.17, 15) is 13.2 Å². The molecule has 0 bridgehead atoms. The van der Waals surface area contributed by atoms with Crippen LogP contribution in [0, 0.1) is 46.8 Å². The van der Waals surface area contributed by atoms with Crippen molar-refractivity contribution in [3.8, 4) is 0 Å². The summed E-state index contributed by atoms with van der Waals surface area (Å²) < 4.78 is 44.9. The fourth-order valence-electron chi connectivity index (χ4n) is 8.18. The first-order chi connectivity index (χ1) is 13.2. The predicted octanol–water partition coefficient (Wildman–Crippen LogP) is 7.50. The van der Waals surface area contributed by atoms with Crippen molar-refractivity contribution in [1.29, 1.82) is 0 Å². The molecule has 0 N–H and O–H groups in total. The Hall–Kier alpha value is -0.250. The average Bonchev–Trinajstić information content (AvgIpc) is 2.87. The molecule has 0 aromatic rings. The first-order valence-corrected chi connectivity index (χ1v) is 11.8. The standard InChI is InChI=1S/C24H41F3O/c1-5-7-19-17(15-24(25,26)27)9-10-21-20(19)11-12-23(3)18(8-6-13-28-4)14-16(2)22(21)23/h16-22H,5-15H2,1-4H3. The highest BCUT2D eigenvalue weighted by Gasteiger charge is 2.58. The van der Waals surface area contributed by atoms with E-state index in [1.807, 2.05) is 0 Å². The lowest BCUT2D eigenvalue weighted by Crippen LogP contribution is -2.49. The minimum absolute atomic E-state index is 0.139. The predicted molar refractivity (Wildman–Crippen MR) is 108 cm³/mol. The second-order valence-corrected chi connectivity index (χ2v) is 10.6. The molecule has 0 amide bonds. The van der Waals surface area contributed by atoms with Gasteiger partial charge in [-0.05, 0) is 91.8 Å². The molecule has 164 valence electrons. The Morgan fingerprint density at radius 1 is 1.07 bits per heavy atom. The molecule has 0 radical (unpaired) electrons. The van der Waals surface area contributed by atoms with Crippen molar-refractivity contribution in [3.63, 3.8) is 0 Å². The molecule has 8 atom stereocenters. The number of rotatable bonds is 7. The van der Waals surface area contributed by atoms with E-state index in [0.717, 1.165) is 51.0 Å². The molecule has 0 aliphatic heterocycles. The maximum atomic E-state index is 13.2. The number of ether oxygens (including phenoxy) is 1. The van der Waals surface area contributed by atoms with Crippen molar-refractivity contribution >= 4 is 0 Å². The van der Waals surface area contributed by atoms with Crippen molar-refractivity contribution < 1.29 is 17.9 Å². The van der Waals surface area contributed by atoms with Crippen LogP contribution in [0.5, 0.6) is 0 Å². The third-order valence-corrected chi connectivity index (χ3v) is 9.03. The third-order valence-electron chi connectivity index (χ3n) is 9.03. The van der Waals surface area contributed by atoms with E-state index in [1.165, 1.54) is 19.3 Å². The lowest BCUT2D eigenvalue weighted by atomic mass is 9.49. The van der Waals surface area contributed by atoms with Crippen LogP contribution >= 0.6 is 0 Å². The van der Waals surface area contributed by atoms with Crippen LogP contribution in [0.3, 0.4) is 0 Å². The zero-order valence-corrected chi connectivity index (χ0v) is 18.4. The summed E-state index contributed by atoms with van der Waals surface area (Å²) in [6, 6.07) is 0. The highest BCUT2D eigenvalue weighted by molar-refractivity contribution is 5.07. The summed E-state index contributed by atoms with van der Waals surface area (Å²) in [5, 5.41) is 0. The third kappa shape index (κ3) is 4.42. The molecule has 3 aliphatic carbocycles. The molecule has 3 saturated carbocycles. The van der Waals surface area contributed by atoms with Crippen molar-refractivity contribution in [1.82, 2.24) is 0 Å². The molecule has 0 aromatic carbocycles. The molecule has 4 heteroatoms. The van der Waals surface area contributed by atoms with Gasteiger partial charge < -0.3 is 4.74 Å². The van der Waals surface area contributed by atoms with Gasteiger partial charge in [-0.1, -0.05) is 33.6 Å². The van der Waals surface area contributed by atoms with E-state index in [0.29, 0.717) is 29.1 Å². The molecule has 3 fully saturated rings. The minimum Gasteiger partial charge on any atom is -0.385 e. The number of hydrogen-bond acceptors (Lipinski definition) is 1. The van der Waals surface area contributed by atoms with Gasteiger partial charge in [0.1, 0.15) is 0 Å². The van der Waals surface area contributed by atoms with Gasteiger partial charge in [0.05, 0.1) is 0 Å². The first-order valence-electron chi connectivity index (χ1n) is 11.8. The Bertz CT molecular complexity index is 505. The Labute approximate surface area is 170 Å². The zero-order valence-electron chi connectivity index (χ0n) is 18.4. The van der Waals surface area contributed by atoms with E-state index >= 15 is 0 Å². The van der Waals surface area contributed by atoms with E-state index in [4.69, 9.17) is 4.74 Å². The fourth-order valence-corrected chi connectivity index (χ4v) is 8.18. The lowest BCUT2D eigenvalue weighted by Gasteiger charge is -2.56. The highest BCUT2D eigenvalue weighted by atomic mass is 19.4. The summed E-state index contributed by atoms with van der Waals surface area (Å²) >= 11 is 0. The monoisotopic (exact) mass is 402 g/mol. The summed E-state index contributed by atoms with van der Waals surface area (Å²) in [4.78, 5) is 0. The van der Waals surface area contributed by atoms with E-state index < -0.39 is 12.6 Å². The molecule has 0 spiro atoms. The Balaban J connectivity index is 1.77. The number of alkyl halides is 3. The molecular weight excluding hydrogens is 361 g/mol. The number of hydrogen-bond donors (Lipinski definition) is 0. The average molecular weight is 403 g/mol. The number of methoxy groups -OCH3 is 1. The van der Waals surface area contributed by atoms with Gasteiger partial charge in [-0.15, -0.1) is 0 Å². The van der Waals surface area contributed by atoms with Gasteiger partial charge in [0.15, 0.2) is 0 Å². The van der Waals surface area contributed by atoms with Crippen LogP contribution in [0.25, 0.3) is 0 Å². The first kappa shape index (κ1) is 22.4. The quantitative estimate of drug-likeness (QED) is 0.401. The summed E-state index contributed by atoms with van der Waals surface area (Å²) in [5.74, 6) is 3.52. The van der Waals surface area contributed by atoms with Crippen molar-refractivity contribution in [2.75, 3.05) is 13.7 Å². The van der Waals surface area contributed by atoms with Crippen LogP contribution < -0.4 is 0 Å². The van der Waals surface area contributed by atoms with E-state index in [-0.39, 0.29) is 11.8 Å². The second kappa shape index (κ2) is 8.86. The molecule has 0 saturated heterocycles. The number of halogens is 3.